The fourth-order valence-corrected chi connectivity index (χ4v) is 1.03. The summed E-state index contributed by atoms with van der Waals surface area (Å²) in [7, 11) is 0. The summed E-state index contributed by atoms with van der Waals surface area (Å²) in [6.07, 6.45) is -5.22. The van der Waals surface area contributed by atoms with Gasteiger partial charge in [-0.15, -0.1) is 13.2 Å². The summed E-state index contributed by atoms with van der Waals surface area (Å²) < 4.78 is 51.2. The third-order valence-corrected chi connectivity index (χ3v) is 1.58. The van der Waals surface area contributed by atoms with E-state index in [-0.39, 0.29) is 0 Å². The summed E-state index contributed by atoms with van der Waals surface area (Å²) in [6.45, 7) is -1.29. The molecule has 0 aliphatic carbocycles. The number of H-pyrrole nitrogens is 1. The van der Waals surface area contributed by atoms with Crippen molar-refractivity contribution in [1.82, 2.24) is 4.98 Å². The van der Waals surface area contributed by atoms with E-state index in [2.05, 4.69) is 4.74 Å². The maximum Gasteiger partial charge on any atom is 0.573 e. The van der Waals surface area contributed by atoms with Crippen LogP contribution in [0.2, 0.25) is 0 Å². The molecule has 0 spiro atoms. The number of rotatable bonds is 3. The average Bonchev–Trinajstić information content (AvgIpc) is 2.13. The van der Waals surface area contributed by atoms with Crippen LogP contribution in [0.3, 0.4) is 0 Å². The molecule has 1 N–H and O–H groups in total. The van der Waals surface area contributed by atoms with Crippen molar-refractivity contribution in [2.45, 2.75) is 13.0 Å². The lowest BCUT2D eigenvalue weighted by Crippen LogP contribution is -2.22. The molecule has 0 radical (unpaired) electrons. The minimum absolute atomic E-state index is 0.410. The van der Waals surface area contributed by atoms with Crippen molar-refractivity contribution in [2.24, 2.45) is 0 Å². The minimum Gasteiger partial charge on any atom is -0.398 e. The molecule has 0 fully saturated rings. The van der Waals surface area contributed by atoms with Crippen LogP contribution in [0.25, 0.3) is 0 Å². The Kier molecular flexibility index (Phi) is 3.34. The van der Waals surface area contributed by atoms with Crippen LogP contribution in [0, 0.1) is 10.1 Å². The Labute approximate surface area is 90.0 Å². The highest BCUT2D eigenvalue weighted by Gasteiger charge is 2.36. The summed E-state index contributed by atoms with van der Waals surface area (Å²) in [4.78, 5) is 21.8. The largest absolute Gasteiger partial charge is 0.573 e. The standard InChI is InChI=1S/C7H4F4N2O4/c8-2-3-1-4(17-7(9,10)11)5(13(15)16)6(14)12-3/h1H,2H2,(H,12,14). The van der Waals surface area contributed by atoms with E-state index >= 15 is 0 Å². The van der Waals surface area contributed by atoms with Gasteiger partial charge in [0.25, 0.3) is 0 Å². The quantitative estimate of drug-likeness (QED) is 0.506. The fraction of sp³-hybridized carbons (Fsp3) is 0.286. The van der Waals surface area contributed by atoms with Gasteiger partial charge < -0.3 is 9.72 Å². The highest BCUT2D eigenvalue weighted by molar-refractivity contribution is 5.45. The Hall–Kier alpha value is -2.13. The molecule has 0 saturated carbocycles. The van der Waals surface area contributed by atoms with E-state index in [9.17, 15) is 32.5 Å². The average molecular weight is 256 g/mol. The SMILES string of the molecule is O=c1[nH]c(CF)cc(OC(F)(F)F)c1[N+](=O)[O-]. The Morgan fingerprint density at radius 1 is 1.47 bits per heavy atom. The summed E-state index contributed by atoms with van der Waals surface area (Å²) in [5.41, 5.74) is -3.45. The van der Waals surface area contributed by atoms with Gasteiger partial charge >= 0.3 is 17.6 Å². The molecule has 0 bridgehead atoms. The van der Waals surface area contributed by atoms with Crippen LogP contribution < -0.4 is 10.3 Å². The molecular weight excluding hydrogens is 252 g/mol. The van der Waals surface area contributed by atoms with Crippen molar-refractivity contribution in [3.8, 4) is 5.75 Å². The van der Waals surface area contributed by atoms with E-state index in [4.69, 9.17) is 0 Å². The van der Waals surface area contributed by atoms with Gasteiger partial charge in [0.15, 0.2) is 0 Å². The van der Waals surface area contributed by atoms with E-state index < -0.39 is 40.7 Å². The van der Waals surface area contributed by atoms with Crippen LogP contribution in [0.15, 0.2) is 10.9 Å². The third kappa shape index (κ3) is 3.16. The van der Waals surface area contributed by atoms with Gasteiger partial charge in [-0.25, -0.2) is 4.39 Å². The van der Waals surface area contributed by atoms with Gasteiger partial charge in [0.2, 0.25) is 5.75 Å². The van der Waals surface area contributed by atoms with E-state index in [0.717, 1.165) is 0 Å². The Balaban J connectivity index is 3.38. The molecule has 1 rings (SSSR count). The summed E-state index contributed by atoms with van der Waals surface area (Å²) in [5.74, 6) is -1.35. The predicted molar refractivity (Wildman–Crippen MR) is 45.2 cm³/mol. The fourth-order valence-electron chi connectivity index (χ4n) is 1.03. The molecule has 0 atom stereocenters. The van der Waals surface area contributed by atoms with Crippen LogP contribution >= 0.6 is 0 Å². The van der Waals surface area contributed by atoms with Gasteiger partial charge in [0, 0.05) is 6.07 Å². The van der Waals surface area contributed by atoms with E-state index in [1.807, 2.05) is 0 Å². The molecule has 1 aromatic rings. The second-order valence-electron chi connectivity index (χ2n) is 2.78. The molecule has 0 amide bonds. The smallest absolute Gasteiger partial charge is 0.398 e. The van der Waals surface area contributed by atoms with Crippen molar-refractivity contribution in [1.29, 1.82) is 0 Å². The highest BCUT2D eigenvalue weighted by atomic mass is 19.4. The lowest BCUT2D eigenvalue weighted by molar-refractivity contribution is -0.390. The van der Waals surface area contributed by atoms with Crippen molar-refractivity contribution in [3.05, 3.63) is 32.2 Å². The summed E-state index contributed by atoms with van der Waals surface area (Å²) in [6, 6.07) is 0.410. The minimum atomic E-state index is -5.22. The molecule has 94 valence electrons. The maximum absolute atomic E-state index is 12.2. The van der Waals surface area contributed by atoms with Gasteiger partial charge in [-0.1, -0.05) is 0 Å². The molecule has 0 aliphatic heterocycles. The van der Waals surface area contributed by atoms with Gasteiger partial charge in [0.1, 0.15) is 6.67 Å². The van der Waals surface area contributed by atoms with Crippen molar-refractivity contribution in [2.75, 3.05) is 0 Å². The molecule has 6 nitrogen and oxygen atoms in total. The first-order chi connectivity index (χ1) is 7.74. The number of halogens is 4. The van der Waals surface area contributed by atoms with E-state index in [1.165, 1.54) is 0 Å². The van der Waals surface area contributed by atoms with Gasteiger partial charge in [0.05, 0.1) is 10.6 Å². The van der Waals surface area contributed by atoms with Gasteiger partial charge in [-0.3, -0.25) is 14.9 Å². The van der Waals surface area contributed by atoms with Crippen LogP contribution in [-0.4, -0.2) is 16.3 Å². The molecule has 1 heterocycles. The number of pyridine rings is 1. The van der Waals surface area contributed by atoms with Crippen LogP contribution in [0.1, 0.15) is 5.69 Å². The molecule has 0 aromatic carbocycles. The Morgan fingerprint density at radius 3 is 2.47 bits per heavy atom. The summed E-state index contributed by atoms with van der Waals surface area (Å²) >= 11 is 0. The zero-order chi connectivity index (χ0) is 13.2. The molecule has 0 unspecified atom stereocenters. The number of hydrogen-bond acceptors (Lipinski definition) is 4. The van der Waals surface area contributed by atoms with Gasteiger partial charge in [-0.05, 0) is 0 Å². The normalized spacial score (nSPS) is 11.3. The molecule has 17 heavy (non-hydrogen) atoms. The first-order valence-corrected chi connectivity index (χ1v) is 3.97. The number of nitro groups is 1. The third-order valence-electron chi connectivity index (χ3n) is 1.58. The molecular formula is C7H4F4N2O4. The molecule has 0 aliphatic rings. The topological polar surface area (TPSA) is 85.2 Å². The summed E-state index contributed by atoms with van der Waals surface area (Å²) in [5, 5.41) is 10.4. The molecule has 0 saturated heterocycles. The van der Waals surface area contributed by atoms with E-state index in [1.54, 1.807) is 4.98 Å². The van der Waals surface area contributed by atoms with E-state index in [0.29, 0.717) is 6.07 Å². The number of aromatic amines is 1. The number of nitrogens with zero attached hydrogens (tertiary/aromatic N) is 1. The lowest BCUT2D eigenvalue weighted by Gasteiger charge is -2.09. The zero-order valence-corrected chi connectivity index (χ0v) is 7.88. The first kappa shape index (κ1) is 12.9. The first-order valence-electron chi connectivity index (χ1n) is 3.97. The predicted octanol–water partition coefficient (Wildman–Crippen LogP) is 1.65. The van der Waals surface area contributed by atoms with Crippen molar-refractivity contribution < 1.29 is 27.2 Å². The van der Waals surface area contributed by atoms with Crippen LogP contribution in [-0.2, 0) is 6.67 Å². The van der Waals surface area contributed by atoms with Crippen molar-refractivity contribution >= 4 is 5.69 Å². The van der Waals surface area contributed by atoms with Crippen LogP contribution in [0.5, 0.6) is 5.75 Å². The monoisotopic (exact) mass is 256 g/mol. The zero-order valence-electron chi connectivity index (χ0n) is 7.88. The number of ether oxygens (including phenoxy) is 1. The molecule has 10 heteroatoms. The Bertz CT molecular complexity index is 496. The number of aromatic nitrogens is 1. The number of alkyl halides is 4. The number of hydrogen-bond donors (Lipinski definition) is 1. The van der Waals surface area contributed by atoms with Crippen molar-refractivity contribution in [3.63, 3.8) is 0 Å². The highest BCUT2D eigenvalue weighted by Crippen LogP contribution is 2.29. The number of nitrogens with one attached hydrogen (secondary N) is 1. The second kappa shape index (κ2) is 4.39. The van der Waals surface area contributed by atoms with Gasteiger partial charge in [-0.2, -0.15) is 0 Å². The lowest BCUT2D eigenvalue weighted by atomic mass is 10.3. The molecule has 1 aromatic heterocycles. The second-order valence-corrected chi connectivity index (χ2v) is 2.78. The maximum atomic E-state index is 12.2. The van der Waals surface area contributed by atoms with Crippen LogP contribution in [0.4, 0.5) is 23.2 Å². The Morgan fingerprint density at radius 2 is 2.06 bits per heavy atom.